The number of nitrogens with one attached hydrogen (secondary N) is 1. The number of hydrogen-bond acceptors (Lipinski definition) is 5. The number of para-hydroxylation sites is 1. The number of ether oxygens (including phenoxy) is 1. The number of hydrogen-bond donors (Lipinski definition) is 1. The number of H-pyrrole nitrogens is 1. The lowest BCUT2D eigenvalue weighted by Gasteiger charge is -2.37. The van der Waals surface area contributed by atoms with E-state index in [1.165, 1.54) is 33.3 Å². The van der Waals surface area contributed by atoms with E-state index in [-0.39, 0.29) is 6.04 Å². The lowest BCUT2D eigenvalue weighted by Crippen LogP contribution is -2.36. The molecular formula is C27H22N4O2. The van der Waals surface area contributed by atoms with Crippen LogP contribution in [-0.2, 0) is 12.8 Å². The molecule has 2 aliphatic rings. The van der Waals surface area contributed by atoms with Gasteiger partial charge in [-0.2, -0.15) is 0 Å². The second-order valence-electron chi connectivity index (χ2n) is 8.59. The van der Waals surface area contributed by atoms with Crippen molar-refractivity contribution < 1.29 is 9.15 Å². The fraction of sp³-hybridized carbons (Fsp3) is 0.185. The minimum absolute atomic E-state index is 0.0198. The van der Waals surface area contributed by atoms with Gasteiger partial charge in [0.15, 0.2) is 11.6 Å². The first kappa shape index (κ1) is 18.5. The molecule has 2 aromatic carbocycles. The molecule has 0 amide bonds. The van der Waals surface area contributed by atoms with Crippen molar-refractivity contribution in [3.8, 4) is 17.3 Å². The summed E-state index contributed by atoms with van der Waals surface area (Å²) in [5.74, 6) is 3.16. The van der Waals surface area contributed by atoms with Crippen LogP contribution in [0.5, 0.6) is 5.75 Å². The minimum atomic E-state index is 0.0198. The SMILES string of the molecule is c1coc(-c2nccc(N3CCc4c([nH]c5ccccc45)C3c3ccc4c(c3)CCO4)n2)c1. The molecule has 3 aromatic heterocycles. The van der Waals surface area contributed by atoms with E-state index in [1.807, 2.05) is 24.4 Å². The van der Waals surface area contributed by atoms with Crippen LogP contribution in [0, 0.1) is 0 Å². The van der Waals surface area contributed by atoms with E-state index in [0.29, 0.717) is 11.6 Å². The molecule has 1 N–H and O–H groups in total. The van der Waals surface area contributed by atoms with Gasteiger partial charge in [0, 0.05) is 35.8 Å². The number of benzene rings is 2. The highest BCUT2D eigenvalue weighted by Crippen LogP contribution is 2.42. The number of aromatic amines is 1. The van der Waals surface area contributed by atoms with Crippen LogP contribution < -0.4 is 9.64 Å². The third-order valence-corrected chi connectivity index (χ3v) is 6.74. The topological polar surface area (TPSA) is 67.2 Å². The molecule has 0 fully saturated rings. The normalized spacial score (nSPS) is 17.1. The molecule has 0 spiro atoms. The minimum Gasteiger partial charge on any atom is -0.493 e. The fourth-order valence-electron chi connectivity index (χ4n) is 5.24. The largest absolute Gasteiger partial charge is 0.493 e. The first-order valence-electron chi connectivity index (χ1n) is 11.3. The molecule has 2 aliphatic heterocycles. The van der Waals surface area contributed by atoms with Crippen LogP contribution in [0.3, 0.4) is 0 Å². The number of rotatable bonds is 3. The van der Waals surface area contributed by atoms with E-state index in [9.17, 15) is 0 Å². The Morgan fingerprint density at radius 2 is 1.97 bits per heavy atom. The standard InChI is InChI=1S/C27H22N4O2/c1-2-5-21-19(4-1)20-10-13-31(24-9-12-28-27(30-24)23-6-3-14-32-23)26(25(20)29-21)18-7-8-22-17(16-18)11-15-33-22/h1-9,12,14,16,26,29H,10-11,13,15H2. The Morgan fingerprint density at radius 1 is 1.00 bits per heavy atom. The Bertz CT molecular complexity index is 1470. The molecule has 7 rings (SSSR count). The van der Waals surface area contributed by atoms with Gasteiger partial charge in [-0.05, 0) is 59.5 Å². The Labute approximate surface area is 190 Å². The molecule has 6 nitrogen and oxygen atoms in total. The maximum atomic E-state index is 5.77. The van der Waals surface area contributed by atoms with Crippen LogP contribution in [0.15, 0.2) is 77.5 Å². The monoisotopic (exact) mass is 434 g/mol. The molecule has 162 valence electrons. The Balaban J connectivity index is 1.40. The molecule has 5 aromatic rings. The van der Waals surface area contributed by atoms with Crippen LogP contribution >= 0.6 is 0 Å². The zero-order chi connectivity index (χ0) is 21.8. The van der Waals surface area contributed by atoms with Crippen molar-refractivity contribution in [3.05, 3.63) is 95.5 Å². The highest BCUT2D eigenvalue weighted by molar-refractivity contribution is 5.86. The molecule has 0 bridgehead atoms. The summed E-state index contributed by atoms with van der Waals surface area (Å²) in [6, 6.07) is 20.9. The maximum absolute atomic E-state index is 5.77. The molecular weight excluding hydrogens is 412 g/mol. The smallest absolute Gasteiger partial charge is 0.197 e. The van der Waals surface area contributed by atoms with Crippen molar-refractivity contribution in [1.82, 2.24) is 15.0 Å². The van der Waals surface area contributed by atoms with Gasteiger partial charge in [0.25, 0.3) is 0 Å². The van der Waals surface area contributed by atoms with E-state index in [1.54, 1.807) is 6.26 Å². The average molecular weight is 434 g/mol. The maximum Gasteiger partial charge on any atom is 0.197 e. The van der Waals surface area contributed by atoms with Gasteiger partial charge in [0.2, 0.25) is 0 Å². The molecule has 1 unspecified atom stereocenters. The molecule has 33 heavy (non-hydrogen) atoms. The van der Waals surface area contributed by atoms with Crippen molar-refractivity contribution in [1.29, 1.82) is 0 Å². The van der Waals surface area contributed by atoms with Crippen LogP contribution in [0.1, 0.15) is 28.4 Å². The summed E-state index contributed by atoms with van der Waals surface area (Å²) in [6.07, 6.45) is 5.36. The predicted molar refractivity (Wildman–Crippen MR) is 127 cm³/mol. The number of anilines is 1. The Morgan fingerprint density at radius 3 is 2.91 bits per heavy atom. The molecule has 0 radical (unpaired) electrons. The van der Waals surface area contributed by atoms with Gasteiger partial charge in [-0.25, -0.2) is 9.97 Å². The van der Waals surface area contributed by atoms with Crippen molar-refractivity contribution in [2.75, 3.05) is 18.1 Å². The zero-order valence-corrected chi connectivity index (χ0v) is 18.0. The van der Waals surface area contributed by atoms with E-state index in [4.69, 9.17) is 14.1 Å². The lowest BCUT2D eigenvalue weighted by molar-refractivity contribution is 0.357. The highest BCUT2D eigenvalue weighted by atomic mass is 16.5. The van der Waals surface area contributed by atoms with Crippen LogP contribution in [0.4, 0.5) is 5.82 Å². The average Bonchev–Trinajstić information content (AvgIpc) is 3.62. The van der Waals surface area contributed by atoms with E-state index < -0.39 is 0 Å². The predicted octanol–water partition coefficient (Wildman–Crippen LogP) is 5.30. The van der Waals surface area contributed by atoms with Crippen LogP contribution in [-0.4, -0.2) is 28.1 Å². The van der Waals surface area contributed by atoms with Crippen LogP contribution in [0.2, 0.25) is 0 Å². The molecule has 0 saturated heterocycles. The first-order chi connectivity index (χ1) is 16.3. The summed E-state index contributed by atoms with van der Waals surface area (Å²) >= 11 is 0. The van der Waals surface area contributed by atoms with Gasteiger partial charge in [-0.15, -0.1) is 0 Å². The Kier molecular flexibility index (Phi) is 4.06. The van der Waals surface area contributed by atoms with Gasteiger partial charge in [-0.1, -0.05) is 24.3 Å². The molecule has 5 heterocycles. The van der Waals surface area contributed by atoms with E-state index in [2.05, 4.69) is 57.3 Å². The van der Waals surface area contributed by atoms with Gasteiger partial charge in [0.1, 0.15) is 11.6 Å². The Hall–Kier alpha value is -4.06. The molecule has 0 aliphatic carbocycles. The number of aromatic nitrogens is 3. The first-order valence-corrected chi connectivity index (χ1v) is 11.3. The molecule has 1 atom stereocenters. The second-order valence-corrected chi connectivity index (χ2v) is 8.59. The molecule has 0 saturated carbocycles. The number of furan rings is 1. The number of fused-ring (bicyclic) bond motifs is 4. The third-order valence-electron chi connectivity index (χ3n) is 6.74. The summed E-state index contributed by atoms with van der Waals surface area (Å²) in [6.45, 7) is 1.62. The van der Waals surface area contributed by atoms with Gasteiger partial charge in [0.05, 0.1) is 18.9 Å². The van der Waals surface area contributed by atoms with E-state index >= 15 is 0 Å². The fourth-order valence-corrected chi connectivity index (χ4v) is 5.24. The summed E-state index contributed by atoms with van der Waals surface area (Å²) < 4.78 is 11.3. The van der Waals surface area contributed by atoms with Crippen molar-refractivity contribution >= 4 is 16.7 Å². The summed E-state index contributed by atoms with van der Waals surface area (Å²) in [5.41, 5.74) is 6.32. The van der Waals surface area contributed by atoms with Gasteiger partial charge >= 0.3 is 0 Å². The summed E-state index contributed by atoms with van der Waals surface area (Å²) in [4.78, 5) is 15.5. The van der Waals surface area contributed by atoms with Crippen molar-refractivity contribution in [2.24, 2.45) is 0 Å². The van der Waals surface area contributed by atoms with Gasteiger partial charge in [-0.3, -0.25) is 0 Å². The van der Waals surface area contributed by atoms with Crippen molar-refractivity contribution in [2.45, 2.75) is 18.9 Å². The third kappa shape index (κ3) is 2.94. The highest BCUT2D eigenvalue weighted by Gasteiger charge is 2.33. The van der Waals surface area contributed by atoms with E-state index in [0.717, 1.165) is 37.6 Å². The van der Waals surface area contributed by atoms with Crippen LogP contribution in [0.25, 0.3) is 22.5 Å². The molecule has 6 heteroatoms. The van der Waals surface area contributed by atoms with Crippen molar-refractivity contribution in [3.63, 3.8) is 0 Å². The second kappa shape index (κ2) is 7.24. The summed E-state index contributed by atoms with van der Waals surface area (Å²) in [7, 11) is 0. The number of nitrogens with zero attached hydrogens (tertiary/aromatic N) is 3. The summed E-state index contributed by atoms with van der Waals surface area (Å²) in [5, 5.41) is 1.31. The van der Waals surface area contributed by atoms with Gasteiger partial charge < -0.3 is 19.0 Å². The lowest BCUT2D eigenvalue weighted by atomic mass is 9.91. The zero-order valence-electron chi connectivity index (χ0n) is 18.0. The quantitative estimate of drug-likeness (QED) is 0.417.